The molecule has 8 heteroatoms. The molecule has 0 heterocycles. The number of halogens is 2. The number of nitro benzene ring substituents is 1. The Balaban J connectivity index is 2.50. The second-order valence-electron chi connectivity index (χ2n) is 4.08. The van der Waals surface area contributed by atoms with E-state index in [-0.39, 0.29) is 32.8 Å². The molecular formula is C14H9Cl2NO5. The van der Waals surface area contributed by atoms with Gasteiger partial charge in [0.15, 0.2) is 0 Å². The minimum Gasteiger partial charge on any atom is -0.465 e. The molecule has 0 unspecified atom stereocenters. The summed E-state index contributed by atoms with van der Waals surface area (Å²) in [5, 5.41) is 11.2. The maximum atomic E-state index is 11.7. The molecule has 0 amide bonds. The topological polar surface area (TPSA) is 78.7 Å². The highest BCUT2D eigenvalue weighted by Gasteiger charge is 2.21. The first-order valence-corrected chi connectivity index (χ1v) is 6.68. The Bertz CT molecular complexity index is 748. The van der Waals surface area contributed by atoms with Gasteiger partial charge < -0.3 is 9.47 Å². The number of rotatable bonds is 4. The molecule has 0 aliphatic carbocycles. The Hall–Kier alpha value is -2.31. The van der Waals surface area contributed by atoms with Crippen molar-refractivity contribution in [2.45, 2.75) is 0 Å². The van der Waals surface area contributed by atoms with Crippen molar-refractivity contribution >= 4 is 34.9 Å². The highest BCUT2D eigenvalue weighted by Crippen LogP contribution is 2.38. The first-order chi connectivity index (χ1) is 10.4. The van der Waals surface area contributed by atoms with E-state index in [0.717, 1.165) is 6.07 Å². The van der Waals surface area contributed by atoms with Crippen molar-refractivity contribution in [3.63, 3.8) is 0 Å². The van der Waals surface area contributed by atoms with E-state index in [2.05, 4.69) is 4.74 Å². The van der Waals surface area contributed by atoms with E-state index in [1.165, 1.54) is 25.3 Å². The van der Waals surface area contributed by atoms with E-state index in [0.29, 0.717) is 0 Å². The van der Waals surface area contributed by atoms with Crippen LogP contribution in [0.4, 0.5) is 5.69 Å². The summed E-state index contributed by atoms with van der Waals surface area (Å²) in [5.74, 6) is -0.648. The summed E-state index contributed by atoms with van der Waals surface area (Å²) < 4.78 is 10.1. The summed E-state index contributed by atoms with van der Waals surface area (Å²) in [6, 6.07) is 8.49. The standard InChI is InChI=1S/C14H9Cl2NO5/c1-21-14(18)8-4-2-3-5-12(8)22-13-7-10(16)9(15)6-11(13)17(19)20/h2-7H,1H3. The zero-order chi connectivity index (χ0) is 16.3. The number of carbonyl (C=O) groups excluding carboxylic acids is 1. The maximum Gasteiger partial charge on any atom is 0.341 e. The van der Waals surface area contributed by atoms with Gasteiger partial charge in [0, 0.05) is 12.1 Å². The van der Waals surface area contributed by atoms with Crippen molar-refractivity contribution in [2.75, 3.05) is 7.11 Å². The molecule has 0 radical (unpaired) electrons. The van der Waals surface area contributed by atoms with E-state index in [9.17, 15) is 14.9 Å². The van der Waals surface area contributed by atoms with E-state index in [1.807, 2.05) is 0 Å². The van der Waals surface area contributed by atoms with Crippen LogP contribution in [0.5, 0.6) is 11.5 Å². The van der Waals surface area contributed by atoms with Crippen LogP contribution < -0.4 is 4.74 Å². The number of benzene rings is 2. The Morgan fingerprint density at radius 2 is 1.77 bits per heavy atom. The van der Waals surface area contributed by atoms with E-state index < -0.39 is 10.9 Å². The number of methoxy groups -OCH3 is 1. The predicted molar refractivity (Wildman–Crippen MR) is 81.0 cm³/mol. The fourth-order valence-corrected chi connectivity index (χ4v) is 2.01. The summed E-state index contributed by atoms with van der Waals surface area (Å²) >= 11 is 11.6. The molecule has 0 aliphatic heterocycles. The van der Waals surface area contributed by atoms with Crippen LogP contribution >= 0.6 is 23.2 Å². The molecule has 6 nitrogen and oxygen atoms in total. The lowest BCUT2D eigenvalue weighted by atomic mass is 10.2. The van der Waals surface area contributed by atoms with Gasteiger partial charge in [0.1, 0.15) is 11.3 Å². The summed E-state index contributed by atoms with van der Waals surface area (Å²) in [4.78, 5) is 22.1. The Labute approximate surface area is 135 Å². The molecule has 0 spiro atoms. The molecule has 0 aromatic heterocycles. The van der Waals surface area contributed by atoms with Crippen LogP contribution in [-0.4, -0.2) is 18.0 Å². The predicted octanol–water partition coefficient (Wildman–Crippen LogP) is 4.48. The van der Waals surface area contributed by atoms with Crippen molar-refractivity contribution in [2.24, 2.45) is 0 Å². The molecule has 0 aliphatic rings. The average Bonchev–Trinajstić information content (AvgIpc) is 2.50. The minimum absolute atomic E-state index is 0.0296. The van der Waals surface area contributed by atoms with Crippen molar-refractivity contribution in [1.82, 2.24) is 0 Å². The maximum absolute atomic E-state index is 11.7. The highest BCUT2D eigenvalue weighted by atomic mass is 35.5. The van der Waals surface area contributed by atoms with Gasteiger partial charge in [-0.05, 0) is 12.1 Å². The van der Waals surface area contributed by atoms with Gasteiger partial charge in [-0.2, -0.15) is 0 Å². The lowest BCUT2D eigenvalue weighted by molar-refractivity contribution is -0.385. The quantitative estimate of drug-likeness (QED) is 0.465. The number of hydrogen-bond acceptors (Lipinski definition) is 5. The van der Waals surface area contributed by atoms with Crippen molar-refractivity contribution in [3.05, 3.63) is 62.1 Å². The molecule has 0 fully saturated rings. The number of nitro groups is 1. The fraction of sp³-hybridized carbons (Fsp3) is 0.0714. The van der Waals surface area contributed by atoms with Gasteiger partial charge in [-0.3, -0.25) is 10.1 Å². The van der Waals surface area contributed by atoms with Gasteiger partial charge in [-0.25, -0.2) is 4.79 Å². The number of nitrogens with zero attached hydrogens (tertiary/aromatic N) is 1. The molecule has 114 valence electrons. The van der Waals surface area contributed by atoms with Crippen LogP contribution in [-0.2, 0) is 4.74 Å². The second-order valence-corrected chi connectivity index (χ2v) is 4.90. The van der Waals surface area contributed by atoms with Crippen LogP contribution in [0.15, 0.2) is 36.4 Å². The Morgan fingerprint density at radius 3 is 2.41 bits per heavy atom. The van der Waals surface area contributed by atoms with Crippen LogP contribution in [0.3, 0.4) is 0 Å². The number of ether oxygens (including phenoxy) is 2. The average molecular weight is 342 g/mol. The number of carbonyl (C=O) groups is 1. The SMILES string of the molecule is COC(=O)c1ccccc1Oc1cc(Cl)c(Cl)cc1[N+](=O)[O-]. The van der Waals surface area contributed by atoms with Crippen molar-refractivity contribution in [3.8, 4) is 11.5 Å². The molecule has 0 atom stereocenters. The molecule has 2 rings (SSSR count). The number of hydrogen-bond donors (Lipinski definition) is 0. The molecular weight excluding hydrogens is 333 g/mol. The second kappa shape index (κ2) is 6.64. The van der Waals surface area contributed by atoms with Gasteiger partial charge in [0.25, 0.3) is 0 Å². The lowest BCUT2D eigenvalue weighted by Crippen LogP contribution is -2.04. The first-order valence-electron chi connectivity index (χ1n) is 5.92. The third kappa shape index (κ3) is 3.29. The normalized spacial score (nSPS) is 10.1. The lowest BCUT2D eigenvalue weighted by Gasteiger charge is -2.10. The zero-order valence-electron chi connectivity index (χ0n) is 11.2. The van der Waals surface area contributed by atoms with Gasteiger partial charge >= 0.3 is 11.7 Å². The Kier molecular flexibility index (Phi) is 4.85. The molecule has 0 saturated heterocycles. The van der Waals surface area contributed by atoms with E-state index in [4.69, 9.17) is 27.9 Å². The Morgan fingerprint density at radius 1 is 1.14 bits per heavy atom. The largest absolute Gasteiger partial charge is 0.465 e. The van der Waals surface area contributed by atoms with Crippen LogP contribution in [0.25, 0.3) is 0 Å². The highest BCUT2D eigenvalue weighted by molar-refractivity contribution is 6.42. The smallest absolute Gasteiger partial charge is 0.341 e. The third-order valence-electron chi connectivity index (χ3n) is 2.71. The summed E-state index contributed by atoms with van der Waals surface area (Å²) in [5.41, 5.74) is -0.237. The summed E-state index contributed by atoms with van der Waals surface area (Å²) in [6.45, 7) is 0. The van der Waals surface area contributed by atoms with Gasteiger partial charge in [0.05, 0.1) is 22.1 Å². The zero-order valence-corrected chi connectivity index (χ0v) is 12.7. The third-order valence-corrected chi connectivity index (χ3v) is 3.43. The molecule has 22 heavy (non-hydrogen) atoms. The van der Waals surface area contributed by atoms with Gasteiger partial charge in [0.2, 0.25) is 5.75 Å². The summed E-state index contributed by atoms with van der Waals surface area (Å²) in [7, 11) is 1.22. The monoisotopic (exact) mass is 341 g/mol. The van der Waals surface area contributed by atoms with Crippen LogP contribution in [0, 0.1) is 10.1 Å². The van der Waals surface area contributed by atoms with Gasteiger partial charge in [-0.1, -0.05) is 35.3 Å². The number of para-hydroxylation sites is 1. The minimum atomic E-state index is -0.654. The number of esters is 1. The van der Waals surface area contributed by atoms with Gasteiger partial charge in [-0.15, -0.1) is 0 Å². The molecule has 0 bridgehead atoms. The van der Waals surface area contributed by atoms with Crippen LogP contribution in [0.1, 0.15) is 10.4 Å². The summed E-state index contributed by atoms with van der Waals surface area (Å²) in [6.07, 6.45) is 0. The van der Waals surface area contributed by atoms with E-state index >= 15 is 0 Å². The molecule has 2 aromatic carbocycles. The van der Waals surface area contributed by atoms with Crippen LogP contribution in [0.2, 0.25) is 10.0 Å². The fourth-order valence-electron chi connectivity index (χ4n) is 1.70. The molecule has 2 aromatic rings. The first kappa shape index (κ1) is 16.1. The van der Waals surface area contributed by atoms with Crippen molar-refractivity contribution < 1.29 is 19.2 Å². The van der Waals surface area contributed by atoms with E-state index in [1.54, 1.807) is 12.1 Å². The molecule has 0 N–H and O–H groups in total. The molecule has 0 saturated carbocycles. The van der Waals surface area contributed by atoms with Crippen molar-refractivity contribution in [1.29, 1.82) is 0 Å².